The van der Waals surface area contributed by atoms with Gasteiger partial charge in [0.1, 0.15) is 11.9 Å². The van der Waals surface area contributed by atoms with Crippen LogP contribution >= 0.6 is 0 Å². The second kappa shape index (κ2) is 9.29. The van der Waals surface area contributed by atoms with Crippen molar-refractivity contribution in [2.45, 2.75) is 13.8 Å². The minimum absolute atomic E-state index is 0.331. The highest BCUT2D eigenvalue weighted by Crippen LogP contribution is 2.20. The summed E-state index contributed by atoms with van der Waals surface area (Å²) >= 11 is 0. The molecule has 0 atom stereocenters. The van der Waals surface area contributed by atoms with Gasteiger partial charge in [-0.15, -0.1) is 0 Å². The molecule has 0 amide bonds. The molecule has 0 N–H and O–H groups in total. The summed E-state index contributed by atoms with van der Waals surface area (Å²) < 4.78 is 23.9. The third-order valence-electron chi connectivity index (χ3n) is 2.84. The molecule has 0 aliphatic carbocycles. The van der Waals surface area contributed by atoms with Crippen molar-refractivity contribution in [3.8, 4) is 6.07 Å². The largest absolute Gasteiger partial charge is 0.380 e. The predicted molar refractivity (Wildman–Crippen MR) is 76.3 cm³/mol. The van der Waals surface area contributed by atoms with Crippen LogP contribution in [0.2, 0.25) is 0 Å². The first-order valence-electron chi connectivity index (χ1n) is 6.83. The van der Waals surface area contributed by atoms with Crippen LogP contribution < -0.4 is 4.90 Å². The van der Waals surface area contributed by atoms with Crippen molar-refractivity contribution in [3.63, 3.8) is 0 Å². The molecule has 1 aromatic carbocycles. The molecule has 0 aromatic heterocycles. The summed E-state index contributed by atoms with van der Waals surface area (Å²) in [6.45, 7) is 7.56. The highest BCUT2D eigenvalue weighted by Gasteiger charge is 2.12. The molecular formula is C15H21FN2O2. The zero-order chi connectivity index (χ0) is 14.8. The van der Waals surface area contributed by atoms with E-state index in [-0.39, 0.29) is 0 Å². The highest BCUT2D eigenvalue weighted by atomic mass is 19.1. The van der Waals surface area contributed by atoms with Crippen molar-refractivity contribution in [1.82, 2.24) is 0 Å². The normalized spacial score (nSPS) is 10.3. The van der Waals surface area contributed by atoms with Gasteiger partial charge in [-0.3, -0.25) is 0 Å². The van der Waals surface area contributed by atoms with Crippen molar-refractivity contribution < 1.29 is 13.9 Å². The van der Waals surface area contributed by atoms with Gasteiger partial charge in [-0.25, -0.2) is 4.39 Å². The minimum Gasteiger partial charge on any atom is -0.380 e. The summed E-state index contributed by atoms with van der Waals surface area (Å²) in [7, 11) is 0. The van der Waals surface area contributed by atoms with E-state index in [0.29, 0.717) is 50.8 Å². The highest BCUT2D eigenvalue weighted by molar-refractivity contribution is 5.59. The fraction of sp³-hybridized carbons (Fsp3) is 0.533. The summed E-state index contributed by atoms with van der Waals surface area (Å²) in [5.74, 6) is -0.403. The molecule has 1 aromatic rings. The zero-order valence-corrected chi connectivity index (χ0v) is 12.1. The van der Waals surface area contributed by atoms with Crippen molar-refractivity contribution in [2.24, 2.45) is 0 Å². The average Bonchev–Trinajstić information content (AvgIpc) is 2.46. The Morgan fingerprint density at radius 3 is 2.25 bits per heavy atom. The predicted octanol–water partition coefficient (Wildman–Crippen LogP) is 2.58. The van der Waals surface area contributed by atoms with Gasteiger partial charge in [0.15, 0.2) is 0 Å². The molecular weight excluding hydrogens is 259 g/mol. The van der Waals surface area contributed by atoms with Crippen molar-refractivity contribution >= 4 is 5.69 Å². The Bertz CT molecular complexity index is 436. The molecule has 0 aliphatic heterocycles. The lowest BCUT2D eigenvalue weighted by Crippen LogP contribution is -2.31. The zero-order valence-electron chi connectivity index (χ0n) is 12.1. The topological polar surface area (TPSA) is 45.5 Å². The second-order valence-corrected chi connectivity index (χ2v) is 4.15. The fourth-order valence-corrected chi connectivity index (χ4v) is 1.86. The van der Waals surface area contributed by atoms with E-state index in [0.717, 1.165) is 0 Å². The smallest absolute Gasteiger partial charge is 0.124 e. The monoisotopic (exact) mass is 280 g/mol. The van der Waals surface area contributed by atoms with Gasteiger partial charge in [-0.05, 0) is 32.0 Å². The van der Waals surface area contributed by atoms with Crippen LogP contribution in [0.3, 0.4) is 0 Å². The van der Waals surface area contributed by atoms with Gasteiger partial charge in [0.2, 0.25) is 0 Å². The van der Waals surface area contributed by atoms with Crippen molar-refractivity contribution in [2.75, 3.05) is 44.4 Å². The van der Waals surface area contributed by atoms with E-state index >= 15 is 0 Å². The molecule has 1 rings (SSSR count). The summed E-state index contributed by atoms with van der Waals surface area (Å²) in [6.07, 6.45) is 0. The number of hydrogen-bond donors (Lipinski definition) is 0. The molecule has 4 nitrogen and oxygen atoms in total. The molecule has 0 heterocycles. The Morgan fingerprint density at radius 2 is 1.75 bits per heavy atom. The Balaban J connectivity index is 2.82. The number of ether oxygens (including phenoxy) is 2. The molecule has 20 heavy (non-hydrogen) atoms. The minimum atomic E-state index is -0.403. The third-order valence-corrected chi connectivity index (χ3v) is 2.84. The van der Waals surface area contributed by atoms with E-state index in [1.807, 2.05) is 24.8 Å². The maximum Gasteiger partial charge on any atom is 0.124 e. The lowest BCUT2D eigenvalue weighted by Gasteiger charge is -2.25. The first kappa shape index (κ1) is 16.4. The van der Waals surface area contributed by atoms with Crippen LogP contribution in [0.15, 0.2) is 18.2 Å². The fourth-order valence-electron chi connectivity index (χ4n) is 1.86. The molecule has 0 unspecified atom stereocenters. The van der Waals surface area contributed by atoms with Crippen LogP contribution in [0, 0.1) is 17.1 Å². The van der Waals surface area contributed by atoms with E-state index in [1.165, 1.54) is 12.1 Å². The number of nitriles is 1. The van der Waals surface area contributed by atoms with Gasteiger partial charge in [0.05, 0.1) is 24.5 Å². The van der Waals surface area contributed by atoms with Gasteiger partial charge in [0, 0.05) is 26.3 Å². The number of nitrogens with zero attached hydrogens (tertiary/aromatic N) is 2. The lowest BCUT2D eigenvalue weighted by molar-refractivity contribution is 0.141. The molecule has 0 saturated carbocycles. The number of halogens is 1. The summed E-state index contributed by atoms with van der Waals surface area (Å²) in [6, 6.07) is 6.28. The third kappa shape index (κ3) is 5.16. The molecule has 5 heteroatoms. The summed E-state index contributed by atoms with van der Waals surface area (Å²) in [4.78, 5) is 1.99. The average molecular weight is 280 g/mol. The first-order chi connectivity index (χ1) is 9.72. The standard InChI is InChI=1S/C15H21FN2O2/c1-3-19-9-7-18(8-10-20-4-2)15-6-5-14(16)11-13(15)12-17/h5-6,11H,3-4,7-10H2,1-2H3. The Morgan fingerprint density at radius 1 is 1.15 bits per heavy atom. The molecule has 0 spiro atoms. The van der Waals surface area contributed by atoms with Crippen LogP contribution in [0.5, 0.6) is 0 Å². The quantitative estimate of drug-likeness (QED) is 0.652. The number of anilines is 1. The molecule has 0 fully saturated rings. The van der Waals surface area contributed by atoms with Gasteiger partial charge >= 0.3 is 0 Å². The van der Waals surface area contributed by atoms with E-state index in [4.69, 9.17) is 14.7 Å². The van der Waals surface area contributed by atoms with E-state index < -0.39 is 5.82 Å². The van der Waals surface area contributed by atoms with Crippen LogP contribution in [-0.4, -0.2) is 39.5 Å². The lowest BCUT2D eigenvalue weighted by atomic mass is 10.1. The first-order valence-corrected chi connectivity index (χ1v) is 6.83. The van der Waals surface area contributed by atoms with E-state index in [2.05, 4.69) is 0 Å². The second-order valence-electron chi connectivity index (χ2n) is 4.15. The van der Waals surface area contributed by atoms with E-state index in [9.17, 15) is 4.39 Å². The molecule has 110 valence electrons. The SMILES string of the molecule is CCOCCN(CCOCC)c1ccc(F)cc1C#N. The Kier molecular flexibility index (Phi) is 7.63. The van der Waals surface area contributed by atoms with Crippen LogP contribution in [-0.2, 0) is 9.47 Å². The van der Waals surface area contributed by atoms with Gasteiger partial charge in [-0.2, -0.15) is 5.26 Å². The maximum atomic E-state index is 13.2. The van der Waals surface area contributed by atoms with Crippen LogP contribution in [0.1, 0.15) is 19.4 Å². The summed E-state index contributed by atoms with van der Waals surface area (Å²) in [5, 5.41) is 9.13. The number of rotatable bonds is 9. The van der Waals surface area contributed by atoms with Crippen molar-refractivity contribution in [1.29, 1.82) is 5.26 Å². The van der Waals surface area contributed by atoms with Crippen molar-refractivity contribution in [3.05, 3.63) is 29.6 Å². The number of hydrogen-bond acceptors (Lipinski definition) is 4. The van der Waals surface area contributed by atoms with Gasteiger partial charge in [0.25, 0.3) is 0 Å². The molecule has 0 saturated heterocycles. The van der Waals surface area contributed by atoms with Crippen LogP contribution in [0.4, 0.5) is 10.1 Å². The van der Waals surface area contributed by atoms with E-state index in [1.54, 1.807) is 6.07 Å². The molecule has 0 aliphatic rings. The number of benzene rings is 1. The Labute approximate surface area is 119 Å². The Hall–Kier alpha value is -1.64. The maximum absolute atomic E-state index is 13.2. The van der Waals surface area contributed by atoms with Crippen LogP contribution in [0.25, 0.3) is 0 Å². The molecule has 0 radical (unpaired) electrons. The van der Waals surface area contributed by atoms with Gasteiger partial charge in [-0.1, -0.05) is 0 Å². The van der Waals surface area contributed by atoms with Gasteiger partial charge < -0.3 is 14.4 Å². The summed E-state index contributed by atoms with van der Waals surface area (Å²) in [5.41, 5.74) is 1.05. The molecule has 0 bridgehead atoms.